The summed E-state index contributed by atoms with van der Waals surface area (Å²) >= 11 is 1.40. The number of thioether (sulfide) groups is 1. The summed E-state index contributed by atoms with van der Waals surface area (Å²) in [6, 6.07) is 28.2. The highest BCUT2D eigenvalue weighted by molar-refractivity contribution is 7.99. The van der Waals surface area contributed by atoms with Gasteiger partial charge >= 0.3 is 0 Å². The van der Waals surface area contributed by atoms with E-state index in [4.69, 9.17) is 9.47 Å². The minimum Gasteiger partial charge on any atom is -0.508 e. The molecule has 1 fully saturated rings. The maximum Gasteiger partial charge on any atom is 0.257 e. The van der Waals surface area contributed by atoms with Crippen LogP contribution in [0.25, 0.3) is 16.8 Å². The summed E-state index contributed by atoms with van der Waals surface area (Å²) in [5.74, 6) is -12.1. The van der Waals surface area contributed by atoms with Gasteiger partial charge in [0.1, 0.15) is 11.3 Å². The number of amides is 1. The van der Waals surface area contributed by atoms with Crippen molar-refractivity contribution >= 4 is 17.7 Å². The van der Waals surface area contributed by atoms with Gasteiger partial charge in [-0.25, -0.2) is 22.0 Å². The van der Waals surface area contributed by atoms with E-state index in [9.17, 15) is 37.0 Å². The zero-order chi connectivity index (χ0) is 38.6. The van der Waals surface area contributed by atoms with Crippen molar-refractivity contribution in [3.63, 3.8) is 0 Å². The molecule has 3 N–H and O–H groups in total. The molecule has 0 aliphatic carbocycles. The number of tetrazole rings is 1. The minimum atomic E-state index is -2.35. The number of nitrogens with zero attached hydrogens (tertiary/aromatic N) is 4. The Morgan fingerprint density at radius 2 is 1.47 bits per heavy atom. The Hall–Kier alpha value is -5.68. The fourth-order valence-corrected chi connectivity index (χ4v) is 6.92. The van der Waals surface area contributed by atoms with Gasteiger partial charge < -0.3 is 25.0 Å². The van der Waals surface area contributed by atoms with E-state index in [0.29, 0.717) is 39.7 Å². The third-order valence-electron chi connectivity index (χ3n) is 8.86. The predicted molar refractivity (Wildman–Crippen MR) is 189 cm³/mol. The van der Waals surface area contributed by atoms with Crippen molar-refractivity contribution in [1.29, 1.82) is 0 Å². The Bertz CT molecular complexity index is 2300. The summed E-state index contributed by atoms with van der Waals surface area (Å²) in [5.41, 5.74) is 3.38. The van der Waals surface area contributed by atoms with Crippen molar-refractivity contribution in [2.45, 2.75) is 43.2 Å². The van der Waals surface area contributed by atoms with E-state index in [0.717, 1.165) is 16.7 Å². The first-order chi connectivity index (χ1) is 26.6. The average molecular weight is 776 g/mol. The highest BCUT2D eigenvalue weighted by Crippen LogP contribution is 2.40. The molecule has 16 heteroatoms. The molecule has 7 rings (SSSR count). The lowest BCUT2D eigenvalue weighted by Gasteiger charge is -2.36. The molecule has 3 atom stereocenters. The number of carbonyl (C=O) groups excluding carboxylic acids is 1. The van der Waals surface area contributed by atoms with Gasteiger partial charge in [-0.2, -0.15) is 4.68 Å². The number of benzene rings is 5. The monoisotopic (exact) mass is 775 g/mol. The molecule has 1 aromatic heterocycles. The number of phenolic OH excluding ortho intramolecular Hbond substituents is 1. The molecule has 2 heterocycles. The van der Waals surface area contributed by atoms with Crippen LogP contribution in [0.3, 0.4) is 0 Å². The van der Waals surface area contributed by atoms with Crippen molar-refractivity contribution in [3.05, 3.63) is 154 Å². The summed E-state index contributed by atoms with van der Waals surface area (Å²) in [5, 5.41) is 34.1. The molecule has 282 valence electrons. The number of phenols is 1. The molecule has 55 heavy (non-hydrogen) atoms. The van der Waals surface area contributed by atoms with E-state index < -0.39 is 46.8 Å². The molecule has 1 amide bonds. The smallest absolute Gasteiger partial charge is 0.257 e. The molecule has 1 saturated heterocycles. The first-order valence-electron chi connectivity index (χ1n) is 16.8. The summed E-state index contributed by atoms with van der Waals surface area (Å²) in [6.45, 7) is -0.370. The van der Waals surface area contributed by atoms with Crippen LogP contribution >= 0.6 is 11.8 Å². The first-order valence-corrected chi connectivity index (χ1v) is 17.8. The highest BCUT2D eigenvalue weighted by atomic mass is 32.2. The number of nitrogens with one attached hydrogen (secondary N) is 1. The van der Waals surface area contributed by atoms with Crippen molar-refractivity contribution in [1.82, 2.24) is 25.5 Å². The minimum absolute atomic E-state index is 0.0990. The van der Waals surface area contributed by atoms with Gasteiger partial charge in [-0.1, -0.05) is 72.4 Å². The number of aliphatic hydroxyl groups excluding tert-OH is 1. The second-order valence-corrected chi connectivity index (χ2v) is 13.5. The normalized spacial score (nSPS) is 16.9. The predicted octanol–water partition coefficient (Wildman–Crippen LogP) is 7.49. The first kappa shape index (κ1) is 37.6. The van der Waals surface area contributed by atoms with Crippen molar-refractivity contribution < 1.29 is 46.4 Å². The molecule has 0 bridgehead atoms. The number of aromatic hydroxyl groups is 1. The molecule has 0 radical (unpaired) electrons. The molecular weight excluding hydrogens is 746 g/mol. The van der Waals surface area contributed by atoms with Crippen LogP contribution in [0.15, 0.2) is 102 Å². The van der Waals surface area contributed by atoms with E-state index in [-0.39, 0.29) is 31.1 Å². The Kier molecular flexibility index (Phi) is 11.2. The van der Waals surface area contributed by atoms with E-state index in [1.165, 1.54) is 11.8 Å². The van der Waals surface area contributed by atoms with Gasteiger partial charge in [-0.3, -0.25) is 4.79 Å². The van der Waals surface area contributed by atoms with Crippen LogP contribution in [0, 0.1) is 29.1 Å². The highest BCUT2D eigenvalue weighted by Gasteiger charge is 2.33. The maximum atomic E-state index is 14.2. The average Bonchev–Trinajstić information content (AvgIpc) is 3.70. The van der Waals surface area contributed by atoms with Crippen LogP contribution in [0.5, 0.6) is 5.75 Å². The Morgan fingerprint density at radius 3 is 2.18 bits per heavy atom. The quantitative estimate of drug-likeness (QED) is 0.0531. The van der Waals surface area contributed by atoms with Crippen LogP contribution in [0.1, 0.15) is 51.4 Å². The second kappa shape index (κ2) is 16.4. The van der Waals surface area contributed by atoms with E-state index in [2.05, 4.69) is 20.8 Å². The number of carbonyl (C=O) groups is 1. The number of ether oxygens (including phenoxy) is 2. The molecule has 6 aromatic rings. The lowest BCUT2D eigenvalue weighted by atomic mass is 9.99. The largest absolute Gasteiger partial charge is 0.508 e. The van der Waals surface area contributed by atoms with Crippen LogP contribution in [0.4, 0.5) is 22.0 Å². The van der Waals surface area contributed by atoms with Crippen LogP contribution in [-0.4, -0.2) is 48.2 Å². The van der Waals surface area contributed by atoms with Gasteiger partial charge in [0.05, 0.1) is 24.5 Å². The van der Waals surface area contributed by atoms with Crippen molar-refractivity contribution in [3.8, 4) is 22.6 Å². The van der Waals surface area contributed by atoms with E-state index in [1.54, 1.807) is 53.2 Å². The number of aliphatic hydroxyl groups is 1. The maximum absolute atomic E-state index is 14.2. The molecule has 1 aliphatic heterocycles. The van der Waals surface area contributed by atoms with Gasteiger partial charge in [0.15, 0.2) is 29.6 Å². The molecule has 5 aromatic carbocycles. The fourth-order valence-electron chi connectivity index (χ4n) is 6.02. The van der Waals surface area contributed by atoms with Crippen molar-refractivity contribution in [2.24, 2.45) is 0 Å². The number of hydrogen-bond donors (Lipinski definition) is 3. The standard InChI is InChI=1S/C39H30F5N5O5S/c40-32-31(33(41)35(43)36(44)34(32)42)37(52)45-18-22-3-1-4-24(15-22)25-5-2-6-26(16-25)38-53-29(17-30(54-38)23-9-7-21(19-50)8-10-23)20-55-39-46-47-48-49(39)27-11-13-28(51)14-12-27/h1-16,29-30,38,50-51H,17-20H2,(H,45,52)/t29-,30+,38+/m0/s1. The summed E-state index contributed by atoms with van der Waals surface area (Å²) in [4.78, 5) is 12.5. The molecule has 0 unspecified atom stereocenters. The van der Waals surface area contributed by atoms with E-state index >= 15 is 0 Å². The summed E-state index contributed by atoms with van der Waals surface area (Å²) < 4.78 is 83.9. The van der Waals surface area contributed by atoms with Crippen LogP contribution < -0.4 is 5.32 Å². The Balaban J connectivity index is 1.10. The fraction of sp³-hybridized carbons (Fsp3) is 0.179. The Labute approximate surface area is 314 Å². The molecule has 0 spiro atoms. The summed E-state index contributed by atoms with van der Waals surface area (Å²) in [7, 11) is 0. The van der Waals surface area contributed by atoms with Gasteiger partial charge in [0, 0.05) is 24.3 Å². The molecule has 10 nitrogen and oxygen atoms in total. The van der Waals surface area contributed by atoms with Crippen molar-refractivity contribution in [2.75, 3.05) is 5.75 Å². The molecule has 1 aliphatic rings. The number of halogens is 5. The zero-order valence-corrected chi connectivity index (χ0v) is 29.3. The number of rotatable bonds is 11. The third-order valence-corrected chi connectivity index (χ3v) is 9.91. The zero-order valence-electron chi connectivity index (χ0n) is 28.5. The van der Waals surface area contributed by atoms with Crippen LogP contribution in [0.2, 0.25) is 0 Å². The SMILES string of the molecule is O=C(NCc1cccc(-c2cccc([C@@H]3O[C@H](CSc4nnnn4-c4ccc(O)cc4)C[C@H](c4ccc(CO)cc4)O3)c2)c1)c1c(F)c(F)c(F)c(F)c1F. The number of aromatic nitrogens is 4. The lowest BCUT2D eigenvalue weighted by Crippen LogP contribution is -2.31. The Morgan fingerprint density at radius 1 is 0.800 bits per heavy atom. The third kappa shape index (κ3) is 8.22. The summed E-state index contributed by atoms with van der Waals surface area (Å²) in [6.07, 6.45) is -1.01. The number of hydrogen-bond acceptors (Lipinski definition) is 9. The van der Waals surface area contributed by atoms with Crippen LogP contribution in [-0.2, 0) is 22.6 Å². The second-order valence-electron chi connectivity index (χ2n) is 12.5. The van der Waals surface area contributed by atoms with Gasteiger partial charge in [-0.15, -0.1) is 5.10 Å². The molecular formula is C39H30F5N5O5S. The lowest BCUT2D eigenvalue weighted by molar-refractivity contribution is -0.245. The van der Waals surface area contributed by atoms with Gasteiger partial charge in [-0.05, 0) is 74.6 Å². The molecule has 0 saturated carbocycles. The van der Waals surface area contributed by atoms with E-state index in [1.807, 2.05) is 48.5 Å². The van der Waals surface area contributed by atoms with Gasteiger partial charge in [0.25, 0.3) is 5.91 Å². The van der Waals surface area contributed by atoms with Gasteiger partial charge in [0.2, 0.25) is 11.0 Å². The topological polar surface area (TPSA) is 132 Å².